The number of carbonyl (C=O) groups is 1. The lowest BCUT2D eigenvalue weighted by Crippen LogP contribution is -2.42. The zero-order valence-electron chi connectivity index (χ0n) is 11.1. The summed E-state index contributed by atoms with van der Waals surface area (Å²) in [5.41, 5.74) is -0.177. The molecule has 0 atom stereocenters. The predicted molar refractivity (Wildman–Crippen MR) is 70.1 cm³/mol. The first-order valence-corrected chi connectivity index (χ1v) is 6.65. The molecule has 0 unspecified atom stereocenters. The van der Waals surface area contributed by atoms with Gasteiger partial charge in [0, 0.05) is 12.7 Å². The lowest BCUT2D eigenvalue weighted by atomic mass is 9.78. The van der Waals surface area contributed by atoms with Gasteiger partial charge in [-0.1, -0.05) is 0 Å². The average Bonchev–Trinajstić information content (AvgIpc) is 2.77. The van der Waals surface area contributed by atoms with Crippen LogP contribution in [0.25, 0.3) is 0 Å². The number of nitrogens with zero attached hydrogens (tertiary/aromatic N) is 3. The van der Waals surface area contributed by atoms with Crippen molar-refractivity contribution < 1.29 is 9.53 Å². The second kappa shape index (κ2) is 4.77. The third-order valence-electron chi connectivity index (χ3n) is 4.15. The summed E-state index contributed by atoms with van der Waals surface area (Å²) < 4.78 is 5.02. The third kappa shape index (κ3) is 2.06. The molecule has 102 valence electrons. The van der Waals surface area contributed by atoms with E-state index in [4.69, 9.17) is 4.74 Å². The van der Waals surface area contributed by atoms with E-state index >= 15 is 0 Å². The third-order valence-corrected chi connectivity index (χ3v) is 4.15. The Morgan fingerprint density at radius 1 is 1.37 bits per heavy atom. The van der Waals surface area contributed by atoms with E-state index < -0.39 is 0 Å². The first-order valence-electron chi connectivity index (χ1n) is 6.65. The van der Waals surface area contributed by atoms with Crippen LogP contribution in [0.15, 0.2) is 12.3 Å². The fourth-order valence-electron chi connectivity index (χ4n) is 2.99. The maximum Gasteiger partial charge on any atom is 0.318 e. The monoisotopic (exact) mass is 262 g/mol. The fourth-order valence-corrected chi connectivity index (χ4v) is 2.99. The molecule has 0 aliphatic carbocycles. The molecule has 3 rings (SSSR count). The highest BCUT2D eigenvalue weighted by Gasteiger charge is 2.47. The van der Waals surface area contributed by atoms with Crippen molar-refractivity contribution in [2.45, 2.75) is 19.3 Å². The molecule has 0 radical (unpaired) electrons. The van der Waals surface area contributed by atoms with Gasteiger partial charge >= 0.3 is 6.01 Å². The molecule has 19 heavy (non-hydrogen) atoms. The Balaban J connectivity index is 1.84. The zero-order valence-corrected chi connectivity index (χ0v) is 11.1. The van der Waals surface area contributed by atoms with E-state index in [2.05, 4.69) is 15.3 Å². The van der Waals surface area contributed by atoms with E-state index in [1.54, 1.807) is 17.2 Å². The normalized spacial score (nSPS) is 21.9. The average molecular weight is 262 g/mol. The maximum atomic E-state index is 12.7. The fraction of sp³-hybridized carbons (Fsp3) is 0.615. The number of methoxy groups -OCH3 is 1. The summed E-state index contributed by atoms with van der Waals surface area (Å²) in [5.74, 6) is 0.849. The Morgan fingerprint density at radius 2 is 2.16 bits per heavy atom. The number of hydrogen-bond donors (Lipinski definition) is 1. The highest BCUT2D eigenvalue weighted by Crippen LogP contribution is 2.41. The van der Waals surface area contributed by atoms with E-state index in [-0.39, 0.29) is 11.3 Å². The second-order valence-electron chi connectivity index (χ2n) is 5.14. The Kier molecular flexibility index (Phi) is 3.10. The molecule has 6 nitrogen and oxygen atoms in total. The number of ether oxygens (including phenoxy) is 1. The quantitative estimate of drug-likeness (QED) is 0.845. The van der Waals surface area contributed by atoms with Gasteiger partial charge in [-0.3, -0.25) is 9.69 Å². The number of piperidine rings is 1. The van der Waals surface area contributed by atoms with E-state index in [1.165, 1.54) is 7.11 Å². The van der Waals surface area contributed by atoms with E-state index in [0.717, 1.165) is 38.9 Å². The number of rotatable bonds is 2. The summed E-state index contributed by atoms with van der Waals surface area (Å²) >= 11 is 0. The minimum absolute atomic E-state index is 0.177. The summed E-state index contributed by atoms with van der Waals surface area (Å²) in [6.07, 6.45) is 4.39. The molecule has 2 aliphatic rings. The molecule has 6 heteroatoms. The van der Waals surface area contributed by atoms with Crippen molar-refractivity contribution in [2.24, 2.45) is 5.41 Å². The number of carbonyl (C=O) groups excluding carboxylic acids is 1. The van der Waals surface area contributed by atoms with Crippen molar-refractivity contribution in [3.05, 3.63) is 12.3 Å². The molecule has 0 saturated carbocycles. The minimum Gasteiger partial charge on any atom is -0.467 e. The first-order chi connectivity index (χ1) is 9.25. The van der Waals surface area contributed by atoms with Gasteiger partial charge in [0.25, 0.3) is 0 Å². The lowest BCUT2D eigenvalue weighted by molar-refractivity contribution is -0.126. The molecule has 1 aromatic heterocycles. The van der Waals surface area contributed by atoms with Crippen LogP contribution in [0.3, 0.4) is 0 Å². The van der Waals surface area contributed by atoms with Crippen molar-refractivity contribution in [1.82, 2.24) is 15.3 Å². The van der Waals surface area contributed by atoms with Crippen molar-refractivity contribution in [3.8, 4) is 6.01 Å². The highest BCUT2D eigenvalue weighted by molar-refractivity contribution is 5.99. The topological polar surface area (TPSA) is 67.3 Å². The number of amides is 1. The van der Waals surface area contributed by atoms with Crippen LogP contribution in [0.4, 0.5) is 5.82 Å². The van der Waals surface area contributed by atoms with Gasteiger partial charge in [-0.2, -0.15) is 4.98 Å². The highest BCUT2D eigenvalue weighted by atomic mass is 16.5. The molecule has 0 bridgehead atoms. The summed E-state index contributed by atoms with van der Waals surface area (Å²) in [6.45, 7) is 2.58. The number of anilines is 1. The van der Waals surface area contributed by atoms with Crippen molar-refractivity contribution in [1.29, 1.82) is 0 Å². The summed E-state index contributed by atoms with van der Waals surface area (Å²) in [4.78, 5) is 22.7. The molecular weight excluding hydrogens is 244 g/mol. The van der Waals surface area contributed by atoms with Gasteiger partial charge < -0.3 is 10.1 Å². The number of nitrogens with one attached hydrogen (secondary N) is 1. The standard InChI is InChI=1S/C13H18N4O2/c1-19-12-15-6-2-10(16-12)17-9-5-13(11(17)18)3-7-14-8-4-13/h2,6,14H,3-5,7-9H2,1H3. The minimum atomic E-state index is -0.177. The Morgan fingerprint density at radius 3 is 2.89 bits per heavy atom. The first kappa shape index (κ1) is 12.3. The zero-order chi connectivity index (χ0) is 13.3. The van der Waals surface area contributed by atoms with Gasteiger partial charge in [0.1, 0.15) is 5.82 Å². The van der Waals surface area contributed by atoms with E-state index in [1.807, 2.05) is 0 Å². The van der Waals surface area contributed by atoms with Crippen LogP contribution in [-0.4, -0.2) is 42.6 Å². The van der Waals surface area contributed by atoms with Gasteiger partial charge in [-0.15, -0.1) is 0 Å². The van der Waals surface area contributed by atoms with Crippen LogP contribution in [-0.2, 0) is 4.79 Å². The van der Waals surface area contributed by atoms with Crippen LogP contribution < -0.4 is 15.0 Å². The lowest BCUT2D eigenvalue weighted by Gasteiger charge is -2.31. The molecule has 2 saturated heterocycles. The molecule has 0 aromatic carbocycles. The molecule has 3 heterocycles. The van der Waals surface area contributed by atoms with Gasteiger partial charge in [0.2, 0.25) is 5.91 Å². The molecule has 1 amide bonds. The Hall–Kier alpha value is -1.69. The molecular formula is C13H18N4O2. The maximum absolute atomic E-state index is 12.7. The smallest absolute Gasteiger partial charge is 0.318 e. The molecule has 1 spiro atoms. The van der Waals surface area contributed by atoms with Crippen LogP contribution in [0, 0.1) is 5.41 Å². The molecule has 2 aliphatic heterocycles. The van der Waals surface area contributed by atoms with E-state index in [9.17, 15) is 4.79 Å². The summed E-state index contributed by atoms with van der Waals surface area (Å²) in [7, 11) is 1.53. The summed E-state index contributed by atoms with van der Waals surface area (Å²) in [5, 5.41) is 3.31. The van der Waals surface area contributed by atoms with E-state index in [0.29, 0.717) is 11.8 Å². The van der Waals surface area contributed by atoms with Gasteiger partial charge in [0.05, 0.1) is 12.5 Å². The SMILES string of the molecule is COc1nccc(N2CCC3(CCNCC3)C2=O)n1. The van der Waals surface area contributed by atoms with Crippen LogP contribution in [0.2, 0.25) is 0 Å². The van der Waals surface area contributed by atoms with Crippen molar-refractivity contribution in [2.75, 3.05) is 31.6 Å². The summed E-state index contributed by atoms with van der Waals surface area (Å²) in [6, 6.07) is 2.07. The van der Waals surface area contributed by atoms with Gasteiger partial charge in [-0.25, -0.2) is 4.98 Å². The molecule has 2 fully saturated rings. The Labute approximate surface area is 112 Å². The van der Waals surface area contributed by atoms with Crippen LogP contribution in [0.1, 0.15) is 19.3 Å². The van der Waals surface area contributed by atoms with Crippen molar-refractivity contribution >= 4 is 11.7 Å². The van der Waals surface area contributed by atoms with Gasteiger partial charge in [-0.05, 0) is 38.4 Å². The second-order valence-corrected chi connectivity index (χ2v) is 5.14. The molecule has 1 N–H and O–H groups in total. The largest absolute Gasteiger partial charge is 0.467 e. The van der Waals surface area contributed by atoms with Crippen LogP contribution >= 0.6 is 0 Å². The number of hydrogen-bond acceptors (Lipinski definition) is 5. The van der Waals surface area contributed by atoms with Crippen LogP contribution in [0.5, 0.6) is 6.01 Å². The van der Waals surface area contributed by atoms with Crippen molar-refractivity contribution in [3.63, 3.8) is 0 Å². The Bertz CT molecular complexity index is 485. The predicted octanol–water partition coefficient (Wildman–Crippen LogP) is 0.592. The van der Waals surface area contributed by atoms with Gasteiger partial charge in [0.15, 0.2) is 0 Å². The number of aromatic nitrogens is 2. The molecule has 1 aromatic rings.